The van der Waals surface area contributed by atoms with Crippen LogP contribution in [0.5, 0.6) is 5.75 Å². The number of amides is 2. The van der Waals surface area contributed by atoms with Gasteiger partial charge in [0.2, 0.25) is 11.8 Å². The molecule has 3 rings (SSSR count). The van der Waals surface area contributed by atoms with Gasteiger partial charge in [0.1, 0.15) is 6.04 Å². The third-order valence-electron chi connectivity index (χ3n) is 6.23. The van der Waals surface area contributed by atoms with Crippen LogP contribution in [0.25, 0.3) is 5.69 Å². The van der Waals surface area contributed by atoms with E-state index in [2.05, 4.69) is 26.3 Å². The third-order valence-corrected chi connectivity index (χ3v) is 6.23. The molecule has 0 fully saturated rings. The Morgan fingerprint density at radius 3 is 2.44 bits per heavy atom. The van der Waals surface area contributed by atoms with Crippen molar-refractivity contribution in [2.45, 2.75) is 65.2 Å². The molecule has 0 aliphatic rings. The normalized spacial score (nSPS) is 12.5. The number of benzene rings is 2. The van der Waals surface area contributed by atoms with E-state index in [1.54, 1.807) is 13.8 Å². The molecule has 0 aliphatic heterocycles. The van der Waals surface area contributed by atoms with E-state index in [4.69, 9.17) is 9.47 Å². The fourth-order valence-corrected chi connectivity index (χ4v) is 4.17. The van der Waals surface area contributed by atoms with Crippen LogP contribution in [0, 0.1) is 5.82 Å². The van der Waals surface area contributed by atoms with Gasteiger partial charge in [0, 0.05) is 18.2 Å². The van der Waals surface area contributed by atoms with Crippen molar-refractivity contribution in [2.24, 2.45) is 0 Å². The minimum absolute atomic E-state index is 0.0360. The number of nitrogens with one attached hydrogen (secondary N) is 3. The van der Waals surface area contributed by atoms with Gasteiger partial charge in [-0.3, -0.25) is 9.59 Å². The van der Waals surface area contributed by atoms with E-state index in [-0.39, 0.29) is 47.8 Å². The zero-order chi connectivity index (χ0) is 29.9. The van der Waals surface area contributed by atoms with Crippen LogP contribution < -0.4 is 20.7 Å². The summed E-state index contributed by atoms with van der Waals surface area (Å²) >= 11 is 0. The Balaban J connectivity index is 1.70. The van der Waals surface area contributed by atoms with Crippen molar-refractivity contribution in [2.75, 3.05) is 13.7 Å². The molecule has 220 valence electrons. The Morgan fingerprint density at radius 1 is 1.05 bits per heavy atom. The summed E-state index contributed by atoms with van der Waals surface area (Å²) in [7, 11) is 1.33. The van der Waals surface area contributed by atoms with Gasteiger partial charge in [-0.2, -0.15) is 0 Å². The first-order valence-corrected chi connectivity index (χ1v) is 13.5. The summed E-state index contributed by atoms with van der Waals surface area (Å²) in [6.07, 6.45) is 2.55. The van der Waals surface area contributed by atoms with Crippen molar-refractivity contribution in [1.29, 1.82) is 0 Å². The second-order valence-corrected chi connectivity index (χ2v) is 9.69. The summed E-state index contributed by atoms with van der Waals surface area (Å²) < 4.78 is 26.6. The van der Waals surface area contributed by atoms with E-state index in [0.29, 0.717) is 12.8 Å². The number of hydrogen-bond acceptors (Lipinski definition) is 8. The van der Waals surface area contributed by atoms with Crippen molar-refractivity contribution >= 4 is 17.8 Å². The topological polar surface area (TPSA) is 136 Å². The molecule has 0 bridgehead atoms. The fraction of sp³-hybridized carbons (Fsp3) is 0.414. The lowest BCUT2D eigenvalue weighted by Gasteiger charge is -2.23. The Hall–Kier alpha value is -4.32. The predicted molar refractivity (Wildman–Crippen MR) is 150 cm³/mol. The number of halogens is 1. The van der Waals surface area contributed by atoms with E-state index < -0.39 is 29.8 Å². The lowest BCUT2D eigenvalue weighted by Crippen LogP contribution is -2.52. The summed E-state index contributed by atoms with van der Waals surface area (Å²) in [5, 5.41) is 16.4. The smallest absolute Gasteiger partial charge is 0.360 e. The lowest BCUT2D eigenvalue weighted by atomic mass is 10.0. The summed E-state index contributed by atoms with van der Waals surface area (Å²) in [5.41, 5.74) is 1.36. The number of esters is 1. The van der Waals surface area contributed by atoms with Crippen LogP contribution in [0.2, 0.25) is 0 Å². The number of carbonyl (C=O) groups excluding carboxylic acids is 3. The van der Waals surface area contributed by atoms with Gasteiger partial charge < -0.3 is 25.4 Å². The average molecular weight is 569 g/mol. The first kappa shape index (κ1) is 31.2. The number of nitrogens with zero attached hydrogens (tertiary/aromatic N) is 3. The van der Waals surface area contributed by atoms with Crippen LogP contribution in [-0.4, -0.2) is 64.6 Å². The minimum atomic E-state index is -0.894. The van der Waals surface area contributed by atoms with E-state index >= 15 is 4.39 Å². The van der Waals surface area contributed by atoms with Crippen LogP contribution in [0.4, 0.5) is 4.39 Å². The standard InChI is InChI=1S/C29H37FN6O5/c1-6-41-29(39)23-17-36(35-34-23)24-14-15-25(40-5)26(30)21(24)16-31-27(37)19(4)33-28(38)22(32-18(2)3)13-12-20-10-8-7-9-11-20/h7-11,14-15,17-19,22,32H,6,12-13,16H2,1-5H3,(H,31,37)(H,33,38)/t19-,22+/m0/s1. The van der Waals surface area contributed by atoms with Gasteiger partial charge in [-0.25, -0.2) is 13.9 Å². The number of methoxy groups -OCH3 is 1. The zero-order valence-electron chi connectivity index (χ0n) is 23.9. The van der Waals surface area contributed by atoms with E-state index in [0.717, 1.165) is 5.56 Å². The molecule has 1 aromatic heterocycles. The van der Waals surface area contributed by atoms with Crippen LogP contribution in [0.1, 0.15) is 55.7 Å². The second kappa shape index (κ2) is 14.9. The molecule has 41 heavy (non-hydrogen) atoms. The Morgan fingerprint density at radius 2 is 1.78 bits per heavy atom. The van der Waals surface area contributed by atoms with Gasteiger partial charge in [-0.1, -0.05) is 49.4 Å². The molecule has 3 aromatic rings. The molecule has 1 heterocycles. The zero-order valence-corrected chi connectivity index (χ0v) is 23.9. The Kier molecular flexibility index (Phi) is 11.3. The number of aryl methyl sites for hydroxylation is 1. The SMILES string of the molecule is CCOC(=O)c1cn(-c2ccc(OC)c(F)c2CNC(=O)[C@H](C)NC(=O)[C@@H](CCc2ccccc2)NC(C)C)nn1. The number of aromatic nitrogens is 3. The molecule has 0 aliphatic carbocycles. The second-order valence-electron chi connectivity index (χ2n) is 9.69. The molecular weight excluding hydrogens is 531 g/mol. The average Bonchev–Trinajstić information content (AvgIpc) is 3.45. The van der Waals surface area contributed by atoms with Crippen molar-refractivity contribution in [3.05, 3.63) is 71.3 Å². The predicted octanol–water partition coefficient (Wildman–Crippen LogP) is 2.71. The molecule has 2 amide bonds. The maximum atomic E-state index is 15.3. The molecule has 2 atom stereocenters. The van der Waals surface area contributed by atoms with Gasteiger partial charge in [-0.05, 0) is 44.4 Å². The largest absolute Gasteiger partial charge is 0.494 e. The number of carbonyl (C=O) groups is 3. The maximum absolute atomic E-state index is 15.3. The molecule has 0 unspecified atom stereocenters. The van der Waals surface area contributed by atoms with Crippen molar-refractivity contribution in [3.8, 4) is 11.4 Å². The van der Waals surface area contributed by atoms with Crippen molar-refractivity contribution in [1.82, 2.24) is 30.9 Å². The summed E-state index contributed by atoms with van der Waals surface area (Å²) in [5.74, 6) is -2.23. The van der Waals surface area contributed by atoms with Crippen LogP contribution >= 0.6 is 0 Å². The van der Waals surface area contributed by atoms with Gasteiger partial charge >= 0.3 is 5.97 Å². The Bertz CT molecular complexity index is 1330. The monoisotopic (exact) mass is 568 g/mol. The lowest BCUT2D eigenvalue weighted by molar-refractivity contribution is -0.129. The van der Waals surface area contributed by atoms with E-state index in [1.165, 1.54) is 30.1 Å². The molecule has 0 saturated heterocycles. The molecule has 0 radical (unpaired) electrons. The molecule has 11 nitrogen and oxygen atoms in total. The fourth-order valence-electron chi connectivity index (χ4n) is 4.17. The summed E-state index contributed by atoms with van der Waals surface area (Å²) in [6, 6.07) is 11.4. The third kappa shape index (κ3) is 8.58. The summed E-state index contributed by atoms with van der Waals surface area (Å²) in [6.45, 7) is 7.04. The van der Waals surface area contributed by atoms with Gasteiger partial charge in [0.05, 0.1) is 31.6 Å². The van der Waals surface area contributed by atoms with Crippen LogP contribution in [0.15, 0.2) is 48.7 Å². The highest BCUT2D eigenvalue weighted by molar-refractivity contribution is 5.89. The Labute approximate surface area is 238 Å². The molecular formula is C29H37FN6O5. The van der Waals surface area contributed by atoms with Gasteiger partial charge in [0.15, 0.2) is 17.3 Å². The van der Waals surface area contributed by atoms with E-state index in [9.17, 15) is 14.4 Å². The van der Waals surface area contributed by atoms with Crippen LogP contribution in [0.3, 0.4) is 0 Å². The molecule has 2 aromatic carbocycles. The minimum Gasteiger partial charge on any atom is -0.494 e. The van der Waals surface area contributed by atoms with Crippen molar-refractivity contribution in [3.63, 3.8) is 0 Å². The van der Waals surface area contributed by atoms with Gasteiger partial charge in [-0.15, -0.1) is 5.10 Å². The maximum Gasteiger partial charge on any atom is 0.360 e. The van der Waals surface area contributed by atoms with Crippen molar-refractivity contribution < 1.29 is 28.2 Å². The molecule has 0 spiro atoms. The highest BCUT2D eigenvalue weighted by Gasteiger charge is 2.25. The first-order chi connectivity index (χ1) is 19.6. The first-order valence-electron chi connectivity index (χ1n) is 13.5. The highest BCUT2D eigenvalue weighted by atomic mass is 19.1. The van der Waals surface area contributed by atoms with E-state index in [1.807, 2.05) is 44.2 Å². The number of ether oxygens (including phenoxy) is 2. The molecule has 0 saturated carbocycles. The quantitative estimate of drug-likeness (QED) is 0.253. The molecule has 12 heteroatoms. The number of rotatable bonds is 14. The summed E-state index contributed by atoms with van der Waals surface area (Å²) in [4.78, 5) is 38.1. The van der Waals surface area contributed by atoms with Crippen LogP contribution in [-0.2, 0) is 27.3 Å². The molecule has 3 N–H and O–H groups in total. The van der Waals surface area contributed by atoms with Gasteiger partial charge in [0.25, 0.3) is 0 Å². The highest BCUT2D eigenvalue weighted by Crippen LogP contribution is 2.26. The number of hydrogen-bond donors (Lipinski definition) is 3.